The zero-order valence-electron chi connectivity index (χ0n) is 10.2. The first kappa shape index (κ1) is 12.5. The molecule has 96 valence electrons. The second-order valence-corrected chi connectivity index (χ2v) is 4.77. The van der Waals surface area contributed by atoms with Gasteiger partial charge in [0.25, 0.3) is 5.91 Å². The number of amides is 1. The van der Waals surface area contributed by atoms with Crippen molar-refractivity contribution in [3.8, 4) is 0 Å². The molecule has 1 heterocycles. The van der Waals surface area contributed by atoms with E-state index in [4.69, 9.17) is 5.11 Å². The van der Waals surface area contributed by atoms with Crippen molar-refractivity contribution in [2.24, 2.45) is 5.92 Å². The third-order valence-corrected chi connectivity index (χ3v) is 3.25. The van der Waals surface area contributed by atoms with Gasteiger partial charge < -0.3 is 10.4 Å². The Morgan fingerprint density at radius 1 is 1.39 bits per heavy atom. The minimum Gasteiger partial charge on any atom is -0.481 e. The Morgan fingerprint density at radius 3 is 2.78 bits per heavy atom. The molecule has 0 saturated heterocycles. The summed E-state index contributed by atoms with van der Waals surface area (Å²) in [7, 11) is 0. The summed E-state index contributed by atoms with van der Waals surface area (Å²) in [6, 6.07) is 1.73. The molecule has 0 aliphatic heterocycles. The summed E-state index contributed by atoms with van der Waals surface area (Å²) in [6.45, 7) is 1.87. The Balaban J connectivity index is 1.95. The first-order valence-electron chi connectivity index (χ1n) is 6.01. The zero-order chi connectivity index (χ0) is 13.1. The molecular formula is C13H16N2O3. The number of aryl methyl sites for hydroxylation is 1. The molecule has 2 atom stereocenters. The van der Waals surface area contributed by atoms with Crippen molar-refractivity contribution >= 4 is 11.9 Å². The third kappa shape index (κ3) is 2.85. The highest BCUT2D eigenvalue weighted by Crippen LogP contribution is 2.25. The molecule has 5 heteroatoms. The fourth-order valence-corrected chi connectivity index (χ4v) is 2.28. The molecule has 18 heavy (non-hydrogen) atoms. The summed E-state index contributed by atoms with van der Waals surface area (Å²) in [5.41, 5.74) is 1.45. The molecule has 2 rings (SSSR count). The minimum absolute atomic E-state index is 0.0425. The van der Waals surface area contributed by atoms with Crippen molar-refractivity contribution in [1.29, 1.82) is 0 Å². The van der Waals surface area contributed by atoms with E-state index in [-0.39, 0.29) is 17.9 Å². The largest absolute Gasteiger partial charge is 0.481 e. The Morgan fingerprint density at radius 2 is 2.17 bits per heavy atom. The summed E-state index contributed by atoms with van der Waals surface area (Å²) < 4.78 is 0. The van der Waals surface area contributed by atoms with Crippen LogP contribution in [0.3, 0.4) is 0 Å². The van der Waals surface area contributed by atoms with Gasteiger partial charge in [-0.25, -0.2) is 0 Å². The third-order valence-electron chi connectivity index (χ3n) is 3.25. The molecule has 5 nitrogen and oxygen atoms in total. The molecule has 0 aromatic carbocycles. The number of nitrogens with zero attached hydrogens (tertiary/aromatic N) is 1. The van der Waals surface area contributed by atoms with Crippen LogP contribution in [0.4, 0.5) is 0 Å². The molecule has 2 unspecified atom stereocenters. The van der Waals surface area contributed by atoms with E-state index in [1.165, 1.54) is 6.20 Å². The van der Waals surface area contributed by atoms with Gasteiger partial charge in [-0.15, -0.1) is 0 Å². The van der Waals surface area contributed by atoms with Gasteiger partial charge in [-0.2, -0.15) is 0 Å². The van der Waals surface area contributed by atoms with Crippen molar-refractivity contribution in [2.45, 2.75) is 32.2 Å². The average Bonchev–Trinajstić information content (AvgIpc) is 2.77. The van der Waals surface area contributed by atoms with E-state index in [0.29, 0.717) is 18.4 Å². The fraction of sp³-hybridized carbons (Fsp3) is 0.462. The van der Waals surface area contributed by atoms with E-state index < -0.39 is 5.97 Å². The minimum atomic E-state index is -0.774. The zero-order valence-corrected chi connectivity index (χ0v) is 10.2. The van der Waals surface area contributed by atoms with Crippen molar-refractivity contribution in [3.05, 3.63) is 29.6 Å². The van der Waals surface area contributed by atoms with E-state index in [2.05, 4.69) is 10.3 Å². The number of aliphatic carboxylic acids is 1. The van der Waals surface area contributed by atoms with Crippen LogP contribution < -0.4 is 5.32 Å². The number of nitrogens with one attached hydrogen (secondary N) is 1. The Hall–Kier alpha value is -1.91. The van der Waals surface area contributed by atoms with Gasteiger partial charge in [-0.05, 0) is 37.8 Å². The second-order valence-electron chi connectivity index (χ2n) is 4.77. The van der Waals surface area contributed by atoms with Crippen molar-refractivity contribution in [3.63, 3.8) is 0 Å². The summed E-state index contributed by atoms with van der Waals surface area (Å²) in [4.78, 5) is 26.7. The van der Waals surface area contributed by atoms with Crippen LogP contribution >= 0.6 is 0 Å². The number of rotatable bonds is 3. The highest BCUT2D eigenvalue weighted by Gasteiger charge is 2.30. The molecule has 1 fully saturated rings. The van der Waals surface area contributed by atoms with Crippen LogP contribution in [0, 0.1) is 12.8 Å². The maximum absolute atomic E-state index is 11.9. The number of pyridine rings is 1. The van der Waals surface area contributed by atoms with E-state index >= 15 is 0 Å². The molecule has 0 spiro atoms. The van der Waals surface area contributed by atoms with Gasteiger partial charge in [0.2, 0.25) is 0 Å². The lowest BCUT2D eigenvalue weighted by molar-refractivity contribution is -0.141. The number of carbonyl (C=O) groups is 2. The number of carbonyl (C=O) groups excluding carboxylic acids is 1. The Labute approximate surface area is 105 Å². The first-order valence-corrected chi connectivity index (χ1v) is 6.01. The van der Waals surface area contributed by atoms with Gasteiger partial charge in [0.1, 0.15) is 0 Å². The van der Waals surface area contributed by atoms with Gasteiger partial charge in [0.15, 0.2) is 0 Å². The molecule has 1 aliphatic rings. The van der Waals surface area contributed by atoms with Gasteiger partial charge in [-0.1, -0.05) is 0 Å². The average molecular weight is 248 g/mol. The van der Waals surface area contributed by atoms with Crippen molar-refractivity contribution < 1.29 is 14.7 Å². The topological polar surface area (TPSA) is 79.3 Å². The van der Waals surface area contributed by atoms with Crippen LogP contribution in [-0.2, 0) is 4.79 Å². The predicted molar refractivity (Wildman–Crippen MR) is 65.2 cm³/mol. The summed E-state index contributed by atoms with van der Waals surface area (Å²) in [6.07, 6.45) is 5.08. The maximum atomic E-state index is 11.9. The smallest absolute Gasteiger partial charge is 0.306 e. The highest BCUT2D eigenvalue weighted by atomic mass is 16.4. The molecule has 1 aromatic heterocycles. The number of aromatic nitrogens is 1. The summed E-state index contributed by atoms with van der Waals surface area (Å²) >= 11 is 0. The molecule has 0 bridgehead atoms. The number of hydrogen-bond acceptors (Lipinski definition) is 3. The molecule has 2 N–H and O–H groups in total. The van der Waals surface area contributed by atoms with Crippen LogP contribution in [0.5, 0.6) is 0 Å². The van der Waals surface area contributed by atoms with Crippen molar-refractivity contribution in [1.82, 2.24) is 10.3 Å². The van der Waals surface area contributed by atoms with E-state index in [1.807, 2.05) is 6.92 Å². The predicted octanol–water partition coefficient (Wildman–Crippen LogP) is 1.37. The van der Waals surface area contributed by atoms with Crippen LogP contribution in [-0.4, -0.2) is 28.0 Å². The Kier molecular flexibility index (Phi) is 3.60. The molecule has 1 saturated carbocycles. The lowest BCUT2D eigenvalue weighted by atomic mass is 10.1. The second kappa shape index (κ2) is 5.16. The molecular weight excluding hydrogens is 232 g/mol. The molecule has 1 aliphatic carbocycles. The number of hydrogen-bond donors (Lipinski definition) is 2. The van der Waals surface area contributed by atoms with Crippen LogP contribution in [0.2, 0.25) is 0 Å². The monoisotopic (exact) mass is 248 g/mol. The lowest BCUT2D eigenvalue weighted by Gasteiger charge is -2.12. The fourth-order valence-electron chi connectivity index (χ4n) is 2.28. The van der Waals surface area contributed by atoms with Crippen LogP contribution in [0.1, 0.15) is 35.2 Å². The van der Waals surface area contributed by atoms with Gasteiger partial charge >= 0.3 is 5.97 Å². The quantitative estimate of drug-likeness (QED) is 0.846. The maximum Gasteiger partial charge on any atom is 0.306 e. The van der Waals surface area contributed by atoms with E-state index in [0.717, 1.165) is 12.0 Å². The summed E-state index contributed by atoms with van der Waals surface area (Å²) in [5, 5.41) is 11.8. The van der Waals surface area contributed by atoms with Crippen molar-refractivity contribution in [2.75, 3.05) is 0 Å². The normalized spacial score (nSPS) is 22.7. The first-order chi connectivity index (χ1) is 8.56. The van der Waals surface area contributed by atoms with Gasteiger partial charge in [0.05, 0.1) is 11.5 Å². The van der Waals surface area contributed by atoms with Gasteiger partial charge in [0, 0.05) is 18.4 Å². The molecule has 1 aromatic rings. The van der Waals surface area contributed by atoms with Crippen LogP contribution in [0.25, 0.3) is 0 Å². The standard InChI is InChI=1S/C13H16N2O3/c1-8-4-10(7-14-6-8)12(16)15-11-3-2-9(5-11)13(17)18/h4,6-7,9,11H,2-3,5H2,1H3,(H,15,16)(H,17,18). The van der Waals surface area contributed by atoms with E-state index in [9.17, 15) is 9.59 Å². The number of carboxylic acids is 1. The molecule has 0 radical (unpaired) electrons. The Bertz CT molecular complexity index is 473. The van der Waals surface area contributed by atoms with Crippen LogP contribution in [0.15, 0.2) is 18.5 Å². The SMILES string of the molecule is Cc1cncc(C(=O)NC2CCC(C(=O)O)C2)c1. The van der Waals surface area contributed by atoms with E-state index in [1.54, 1.807) is 12.3 Å². The van der Waals surface area contributed by atoms with Gasteiger partial charge in [-0.3, -0.25) is 14.6 Å². The highest BCUT2D eigenvalue weighted by molar-refractivity contribution is 5.94. The molecule has 1 amide bonds. The lowest BCUT2D eigenvalue weighted by Crippen LogP contribution is -2.33. The number of carboxylic acid groups (broad SMARTS) is 1. The summed E-state index contributed by atoms with van der Waals surface area (Å²) in [5.74, 6) is -1.28.